The Morgan fingerprint density at radius 2 is 2.03 bits per heavy atom. The summed E-state index contributed by atoms with van der Waals surface area (Å²) in [6.07, 6.45) is 7.16. The number of carbonyl (C=O) groups excluding carboxylic acids is 1. The van der Waals surface area contributed by atoms with E-state index in [9.17, 15) is 14.3 Å². The van der Waals surface area contributed by atoms with Gasteiger partial charge in [-0.25, -0.2) is 4.39 Å². The number of hydrogen-bond acceptors (Lipinski definition) is 4. The van der Waals surface area contributed by atoms with E-state index in [1.54, 1.807) is 37.4 Å². The maximum absolute atomic E-state index is 14.1. The van der Waals surface area contributed by atoms with Crippen molar-refractivity contribution in [2.75, 3.05) is 5.32 Å². The number of aromatic nitrogens is 1. The van der Waals surface area contributed by atoms with E-state index in [1.807, 2.05) is 19.9 Å². The first kappa shape index (κ1) is 23.0. The molecule has 7 heteroatoms. The molecule has 3 rings (SSSR count). The summed E-state index contributed by atoms with van der Waals surface area (Å²) in [5.74, 6) is -0.808. The van der Waals surface area contributed by atoms with Crippen LogP contribution in [-0.4, -0.2) is 21.7 Å². The summed E-state index contributed by atoms with van der Waals surface area (Å²) in [7, 11) is 0. The van der Waals surface area contributed by atoms with Crippen LogP contribution in [0.15, 0.2) is 64.2 Å². The number of benzene rings is 1. The minimum atomic E-state index is -1.50. The molecule has 1 aromatic carbocycles. The number of halogens is 2. The lowest BCUT2D eigenvalue weighted by molar-refractivity contribution is -0.115. The Bertz CT molecular complexity index is 1060. The molecule has 1 amide bonds. The monoisotopic (exact) mass is 485 g/mol. The fourth-order valence-electron chi connectivity index (χ4n) is 3.55. The average Bonchev–Trinajstić information content (AvgIpc) is 2.73. The summed E-state index contributed by atoms with van der Waals surface area (Å²) in [6.45, 7) is 5.68. The zero-order chi connectivity index (χ0) is 22.6. The van der Waals surface area contributed by atoms with Crippen molar-refractivity contribution in [2.45, 2.75) is 39.2 Å². The first-order chi connectivity index (χ1) is 14.7. The lowest BCUT2D eigenvalue weighted by atomic mass is 9.83. The Kier molecular flexibility index (Phi) is 7.18. The molecule has 5 nitrogen and oxygen atoms in total. The predicted molar refractivity (Wildman–Crippen MR) is 125 cm³/mol. The van der Waals surface area contributed by atoms with Gasteiger partial charge in [0.25, 0.3) is 0 Å². The van der Waals surface area contributed by atoms with Gasteiger partial charge in [-0.05, 0) is 59.1 Å². The van der Waals surface area contributed by atoms with E-state index in [-0.39, 0.29) is 24.7 Å². The van der Waals surface area contributed by atoms with E-state index in [0.29, 0.717) is 28.4 Å². The molecule has 0 saturated heterocycles. The number of allylic oxidation sites excluding steroid dienone is 1. The van der Waals surface area contributed by atoms with E-state index in [1.165, 1.54) is 18.2 Å². The normalized spacial score (nSPS) is 22.2. The third kappa shape index (κ3) is 5.17. The van der Waals surface area contributed by atoms with Crippen LogP contribution in [0.25, 0.3) is 5.70 Å². The minimum Gasteiger partial charge on any atom is -0.377 e. The van der Waals surface area contributed by atoms with Crippen LogP contribution in [0.2, 0.25) is 0 Å². The Labute approximate surface area is 190 Å². The van der Waals surface area contributed by atoms with E-state index < -0.39 is 11.4 Å². The van der Waals surface area contributed by atoms with Crippen LogP contribution in [0.5, 0.6) is 0 Å². The summed E-state index contributed by atoms with van der Waals surface area (Å²) in [5.41, 5.74) is 0.822. The van der Waals surface area contributed by atoms with Gasteiger partial charge in [0, 0.05) is 29.1 Å². The number of hydrogen-bond donors (Lipinski definition) is 2. The van der Waals surface area contributed by atoms with Crippen LogP contribution >= 0.6 is 15.9 Å². The minimum absolute atomic E-state index is 0.125. The van der Waals surface area contributed by atoms with Gasteiger partial charge in [0.2, 0.25) is 5.91 Å². The molecule has 0 spiro atoms. The number of amides is 1. The van der Waals surface area contributed by atoms with Crippen molar-refractivity contribution in [3.63, 3.8) is 0 Å². The van der Waals surface area contributed by atoms with Crippen molar-refractivity contribution in [1.29, 1.82) is 0 Å². The molecule has 0 radical (unpaired) electrons. The smallest absolute Gasteiger partial charge is 0.228 e. The van der Waals surface area contributed by atoms with Gasteiger partial charge in [0.1, 0.15) is 11.4 Å². The first-order valence-corrected chi connectivity index (χ1v) is 10.9. The van der Waals surface area contributed by atoms with Gasteiger partial charge in [-0.1, -0.05) is 32.1 Å². The van der Waals surface area contributed by atoms with Crippen LogP contribution in [0.3, 0.4) is 0 Å². The Hall–Kier alpha value is -2.64. The largest absolute Gasteiger partial charge is 0.377 e. The Morgan fingerprint density at radius 3 is 2.68 bits per heavy atom. The summed E-state index contributed by atoms with van der Waals surface area (Å²) in [6, 6.07) is 7.72. The summed E-state index contributed by atoms with van der Waals surface area (Å²) >= 11 is 3.38. The number of carbonyl (C=O) groups is 1. The van der Waals surface area contributed by atoms with Crippen LogP contribution in [0, 0.1) is 11.7 Å². The topological polar surface area (TPSA) is 74.6 Å². The van der Waals surface area contributed by atoms with E-state index in [2.05, 4.69) is 26.2 Å². The molecule has 2 heterocycles. The highest BCUT2D eigenvalue weighted by atomic mass is 79.9. The number of aliphatic hydroxyl groups is 1. The number of nitrogens with zero attached hydrogens (tertiary/aromatic N) is 2. The third-order valence-corrected chi connectivity index (χ3v) is 5.52. The molecule has 2 aromatic rings. The Morgan fingerprint density at radius 1 is 1.26 bits per heavy atom. The summed E-state index contributed by atoms with van der Waals surface area (Å²) < 4.78 is 14.9. The second-order valence-corrected chi connectivity index (χ2v) is 8.58. The van der Waals surface area contributed by atoms with Gasteiger partial charge in [-0.2, -0.15) is 0 Å². The van der Waals surface area contributed by atoms with Crippen LogP contribution in [0.4, 0.5) is 10.1 Å². The van der Waals surface area contributed by atoms with Crippen LogP contribution in [-0.2, 0) is 10.4 Å². The van der Waals surface area contributed by atoms with Gasteiger partial charge in [-0.3, -0.25) is 14.8 Å². The molecular weight excluding hydrogens is 461 g/mol. The molecule has 0 saturated carbocycles. The molecule has 1 atom stereocenters. The predicted octanol–water partition coefficient (Wildman–Crippen LogP) is 5.62. The molecular formula is C24H25BrFN3O2. The van der Waals surface area contributed by atoms with E-state index >= 15 is 0 Å². The molecule has 1 aliphatic rings. The number of anilines is 1. The fraction of sp³-hybridized carbons (Fsp3) is 0.292. The van der Waals surface area contributed by atoms with E-state index in [4.69, 9.17) is 4.99 Å². The molecule has 1 unspecified atom stereocenters. The van der Waals surface area contributed by atoms with Crippen molar-refractivity contribution in [2.24, 2.45) is 10.9 Å². The third-order valence-electron chi connectivity index (χ3n) is 5.05. The molecule has 1 aliphatic heterocycles. The quantitative estimate of drug-likeness (QED) is 0.542. The average molecular weight is 486 g/mol. The maximum atomic E-state index is 14.1. The van der Waals surface area contributed by atoms with Gasteiger partial charge in [-0.15, -0.1) is 0 Å². The van der Waals surface area contributed by atoms with Crippen molar-refractivity contribution >= 4 is 38.9 Å². The number of nitrogens with one attached hydrogen (secondary N) is 1. The van der Waals surface area contributed by atoms with Crippen molar-refractivity contribution in [3.8, 4) is 0 Å². The van der Waals surface area contributed by atoms with Gasteiger partial charge in [0.05, 0.1) is 22.8 Å². The highest BCUT2D eigenvalue weighted by Crippen LogP contribution is 2.34. The van der Waals surface area contributed by atoms with Crippen molar-refractivity contribution in [3.05, 3.63) is 76.3 Å². The van der Waals surface area contributed by atoms with Gasteiger partial charge in [0.15, 0.2) is 0 Å². The van der Waals surface area contributed by atoms with Crippen molar-refractivity contribution in [1.82, 2.24) is 4.98 Å². The molecule has 31 heavy (non-hydrogen) atoms. The number of rotatable bonds is 2. The molecule has 0 aliphatic carbocycles. The van der Waals surface area contributed by atoms with E-state index in [0.717, 1.165) is 4.47 Å². The second kappa shape index (κ2) is 9.66. The van der Waals surface area contributed by atoms with Gasteiger partial charge < -0.3 is 10.4 Å². The van der Waals surface area contributed by atoms with Crippen LogP contribution in [0.1, 0.15) is 44.9 Å². The molecule has 0 bridgehead atoms. The molecule has 162 valence electrons. The maximum Gasteiger partial charge on any atom is 0.228 e. The van der Waals surface area contributed by atoms with Gasteiger partial charge >= 0.3 is 0 Å². The lowest BCUT2D eigenvalue weighted by Gasteiger charge is -2.31. The van der Waals surface area contributed by atoms with Crippen LogP contribution < -0.4 is 5.32 Å². The zero-order valence-electron chi connectivity index (χ0n) is 17.7. The van der Waals surface area contributed by atoms with Crippen molar-refractivity contribution < 1.29 is 14.3 Å². The summed E-state index contributed by atoms with van der Waals surface area (Å²) in [4.78, 5) is 21.6. The summed E-state index contributed by atoms with van der Waals surface area (Å²) in [5, 5.41) is 14.7. The standard InChI is InChI=1S/C24H25BrFN3O2/c1-4-19-18-13-17(26)9-10-20(18)28-22(30)7-5-6-12-24(31,23(29-19)15(2)3)21-11-8-16(25)14-27-21/h4-6,8-11,13-15,31H,7,12H2,1-3H3,(H,28,30)/b6-5+,19-4?,29-23?. The number of aliphatic imine (C=N–C) groups is 1. The second-order valence-electron chi connectivity index (χ2n) is 7.67. The molecule has 1 aromatic heterocycles. The number of fused-ring (bicyclic) bond motifs is 1. The SMILES string of the molecule is CC=C1N=C(C(C)C)C(O)(c2ccc(Br)cn2)C/C=C/CC(=O)Nc2ccc(F)cc21. The molecule has 0 fully saturated rings. The molecule has 2 N–H and O–H groups in total. The fourth-order valence-corrected chi connectivity index (χ4v) is 3.79. The first-order valence-electron chi connectivity index (χ1n) is 10.1. The zero-order valence-corrected chi connectivity index (χ0v) is 19.3. The Balaban J connectivity index is 2.27. The highest BCUT2D eigenvalue weighted by Gasteiger charge is 2.37. The highest BCUT2D eigenvalue weighted by molar-refractivity contribution is 9.10. The lowest BCUT2D eigenvalue weighted by Crippen LogP contribution is -2.39. The number of pyridine rings is 1.